The quantitative estimate of drug-likeness (QED) is 0.534. The molecule has 4 rings (SSSR count). The van der Waals surface area contributed by atoms with Crippen LogP contribution in [0, 0.1) is 20.8 Å². The van der Waals surface area contributed by atoms with Crippen molar-refractivity contribution in [3.63, 3.8) is 0 Å². The zero-order chi connectivity index (χ0) is 16.7. The van der Waals surface area contributed by atoms with E-state index in [9.17, 15) is 0 Å². The number of benzene rings is 1. The van der Waals surface area contributed by atoms with Crippen LogP contribution in [0.2, 0.25) is 0 Å². The fraction of sp³-hybridized carbons (Fsp3) is 0.263. The van der Waals surface area contributed by atoms with E-state index in [1.54, 1.807) is 34.4 Å². The molecule has 1 aromatic carbocycles. The van der Waals surface area contributed by atoms with Gasteiger partial charge in [-0.05, 0) is 43.3 Å². The Balaban J connectivity index is 1.79. The molecule has 0 unspecified atom stereocenters. The lowest BCUT2D eigenvalue weighted by Crippen LogP contribution is -2.14. The highest BCUT2D eigenvalue weighted by Gasteiger charge is 2.27. The second-order valence-corrected chi connectivity index (χ2v) is 9.13. The van der Waals surface area contributed by atoms with Gasteiger partial charge in [-0.25, -0.2) is 0 Å². The van der Waals surface area contributed by atoms with Crippen molar-refractivity contribution in [2.75, 3.05) is 13.2 Å². The van der Waals surface area contributed by atoms with E-state index in [0.717, 1.165) is 11.5 Å². The maximum absolute atomic E-state index is 5.98. The molecule has 0 bridgehead atoms. The van der Waals surface area contributed by atoms with Crippen LogP contribution in [-0.4, -0.2) is 13.2 Å². The molecule has 1 aliphatic rings. The van der Waals surface area contributed by atoms with Crippen LogP contribution >= 0.6 is 34.4 Å². The summed E-state index contributed by atoms with van der Waals surface area (Å²) in [6.07, 6.45) is 0. The van der Waals surface area contributed by atoms with Gasteiger partial charge in [-0.15, -0.1) is 22.7 Å². The standard InChI is InChI=1S/C19H18O2S3/c1-11-9-12(2)17(13(3)10-11)23-19-16-15(20-6-7-21-16)18(24-19)14-5-4-8-22-14/h4-5,8-10H,6-7H2,1-3H3. The SMILES string of the molecule is Cc1cc(C)c(Sc2sc(-c3cccs3)c3c2OCCO3)c(C)c1. The van der Waals surface area contributed by atoms with Gasteiger partial charge in [0.15, 0.2) is 11.5 Å². The molecule has 0 atom stereocenters. The third-order valence-electron chi connectivity index (χ3n) is 3.91. The first-order valence-electron chi connectivity index (χ1n) is 7.85. The molecule has 2 aromatic heterocycles. The average molecular weight is 375 g/mol. The number of ether oxygens (including phenoxy) is 2. The Labute approximate surface area is 154 Å². The summed E-state index contributed by atoms with van der Waals surface area (Å²) in [5.74, 6) is 1.83. The molecule has 5 heteroatoms. The van der Waals surface area contributed by atoms with Crippen LogP contribution in [0.15, 0.2) is 38.8 Å². The van der Waals surface area contributed by atoms with Gasteiger partial charge in [0.1, 0.15) is 17.4 Å². The normalized spacial score (nSPS) is 13.3. The van der Waals surface area contributed by atoms with Crippen molar-refractivity contribution in [3.8, 4) is 21.3 Å². The summed E-state index contributed by atoms with van der Waals surface area (Å²) in [5, 5.41) is 2.10. The number of fused-ring (bicyclic) bond motifs is 1. The minimum Gasteiger partial charge on any atom is -0.485 e. The van der Waals surface area contributed by atoms with Gasteiger partial charge in [-0.2, -0.15) is 0 Å². The Bertz CT molecular complexity index is 855. The number of rotatable bonds is 3. The minimum absolute atomic E-state index is 0.618. The van der Waals surface area contributed by atoms with Crippen molar-refractivity contribution in [1.82, 2.24) is 0 Å². The van der Waals surface area contributed by atoms with Crippen molar-refractivity contribution in [1.29, 1.82) is 0 Å². The summed E-state index contributed by atoms with van der Waals surface area (Å²) in [6.45, 7) is 7.75. The van der Waals surface area contributed by atoms with Crippen LogP contribution in [0.1, 0.15) is 16.7 Å². The molecular formula is C19H18O2S3. The van der Waals surface area contributed by atoms with Crippen molar-refractivity contribution in [3.05, 3.63) is 46.3 Å². The van der Waals surface area contributed by atoms with E-state index in [0.29, 0.717) is 13.2 Å². The van der Waals surface area contributed by atoms with Crippen LogP contribution in [0.5, 0.6) is 11.5 Å². The molecule has 0 spiro atoms. The van der Waals surface area contributed by atoms with Crippen LogP contribution < -0.4 is 9.47 Å². The topological polar surface area (TPSA) is 18.5 Å². The van der Waals surface area contributed by atoms with Gasteiger partial charge in [0.25, 0.3) is 0 Å². The van der Waals surface area contributed by atoms with E-state index < -0.39 is 0 Å². The molecule has 3 heterocycles. The largest absolute Gasteiger partial charge is 0.485 e. The van der Waals surface area contributed by atoms with E-state index in [1.807, 2.05) is 0 Å². The average Bonchev–Trinajstić information content (AvgIpc) is 3.19. The molecule has 1 aliphatic heterocycles. The van der Waals surface area contributed by atoms with Gasteiger partial charge >= 0.3 is 0 Å². The lowest BCUT2D eigenvalue weighted by Gasteiger charge is -2.17. The predicted molar refractivity (Wildman–Crippen MR) is 103 cm³/mol. The van der Waals surface area contributed by atoms with Gasteiger partial charge in [0, 0.05) is 9.77 Å². The first-order valence-corrected chi connectivity index (χ1v) is 10.4. The van der Waals surface area contributed by atoms with E-state index in [-0.39, 0.29) is 0 Å². The molecule has 2 nitrogen and oxygen atoms in total. The van der Waals surface area contributed by atoms with Gasteiger partial charge in [-0.3, -0.25) is 0 Å². The third kappa shape index (κ3) is 2.85. The van der Waals surface area contributed by atoms with Crippen LogP contribution in [0.4, 0.5) is 0 Å². The lowest BCUT2D eigenvalue weighted by molar-refractivity contribution is 0.170. The molecule has 0 fully saturated rings. The molecule has 124 valence electrons. The second-order valence-electron chi connectivity index (χ2n) is 5.88. The van der Waals surface area contributed by atoms with Gasteiger partial charge in [0.05, 0.1) is 4.88 Å². The summed E-state index contributed by atoms with van der Waals surface area (Å²) in [5.41, 5.74) is 3.93. The maximum atomic E-state index is 5.98. The van der Waals surface area contributed by atoms with Crippen LogP contribution in [-0.2, 0) is 0 Å². The Morgan fingerprint density at radius 2 is 1.71 bits per heavy atom. The molecule has 0 saturated heterocycles. The van der Waals surface area contributed by atoms with Crippen molar-refractivity contribution in [2.24, 2.45) is 0 Å². The Morgan fingerprint density at radius 1 is 1.00 bits per heavy atom. The highest BCUT2D eigenvalue weighted by Crippen LogP contribution is 2.55. The van der Waals surface area contributed by atoms with Crippen molar-refractivity contribution >= 4 is 34.4 Å². The van der Waals surface area contributed by atoms with Crippen molar-refractivity contribution < 1.29 is 9.47 Å². The minimum atomic E-state index is 0.618. The predicted octanol–water partition coefficient (Wildman–Crippen LogP) is 6.32. The third-order valence-corrected chi connectivity index (χ3v) is 7.63. The molecule has 0 saturated carbocycles. The Kier molecular flexibility index (Phi) is 4.33. The molecule has 0 radical (unpaired) electrons. The number of aryl methyl sites for hydroxylation is 3. The van der Waals surface area contributed by atoms with Crippen LogP contribution in [0.25, 0.3) is 9.75 Å². The monoisotopic (exact) mass is 374 g/mol. The van der Waals surface area contributed by atoms with Gasteiger partial charge < -0.3 is 9.47 Å². The number of thiophene rings is 2. The highest BCUT2D eigenvalue weighted by atomic mass is 32.2. The summed E-state index contributed by atoms with van der Waals surface area (Å²) < 4.78 is 13.1. The lowest BCUT2D eigenvalue weighted by atomic mass is 10.1. The second kappa shape index (κ2) is 6.47. The zero-order valence-electron chi connectivity index (χ0n) is 13.8. The first kappa shape index (κ1) is 16.1. The fourth-order valence-electron chi connectivity index (χ4n) is 2.98. The smallest absolute Gasteiger partial charge is 0.186 e. The molecule has 3 aromatic rings. The Hall–Kier alpha value is -1.43. The summed E-state index contributed by atoms with van der Waals surface area (Å²) in [7, 11) is 0. The molecule has 0 amide bonds. The zero-order valence-corrected chi connectivity index (χ0v) is 16.3. The summed E-state index contributed by atoms with van der Waals surface area (Å²) >= 11 is 5.32. The van der Waals surface area contributed by atoms with E-state index >= 15 is 0 Å². The molecule has 24 heavy (non-hydrogen) atoms. The van der Waals surface area contributed by atoms with E-state index in [4.69, 9.17) is 9.47 Å². The highest BCUT2D eigenvalue weighted by molar-refractivity contribution is 8.01. The number of hydrogen-bond donors (Lipinski definition) is 0. The summed E-state index contributed by atoms with van der Waals surface area (Å²) in [6, 6.07) is 8.71. The number of hydrogen-bond acceptors (Lipinski definition) is 5. The molecule has 0 N–H and O–H groups in total. The van der Waals surface area contributed by atoms with Gasteiger partial charge in [-0.1, -0.05) is 35.5 Å². The molecule has 0 aliphatic carbocycles. The summed E-state index contributed by atoms with van der Waals surface area (Å²) in [4.78, 5) is 3.74. The van der Waals surface area contributed by atoms with Gasteiger partial charge in [0.2, 0.25) is 0 Å². The molecular weight excluding hydrogens is 356 g/mol. The van der Waals surface area contributed by atoms with E-state index in [2.05, 4.69) is 50.4 Å². The first-order chi connectivity index (χ1) is 11.6. The van der Waals surface area contributed by atoms with Crippen LogP contribution in [0.3, 0.4) is 0 Å². The van der Waals surface area contributed by atoms with Crippen molar-refractivity contribution in [2.45, 2.75) is 29.9 Å². The fourth-order valence-corrected chi connectivity index (χ4v) is 6.29. The van der Waals surface area contributed by atoms with E-state index in [1.165, 1.54) is 35.5 Å². The Morgan fingerprint density at radius 3 is 2.38 bits per heavy atom. The maximum Gasteiger partial charge on any atom is 0.186 e.